The summed E-state index contributed by atoms with van der Waals surface area (Å²) in [6.07, 6.45) is 27.7. The minimum atomic E-state index is -0.117. The fourth-order valence-corrected chi connectivity index (χ4v) is 14.3. The molecule has 5 aromatic heterocycles. The number of hydrogen-bond acceptors (Lipinski definition) is 5. The molecule has 8 bridgehead atoms. The van der Waals surface area contributed by atoms with Crippen molar-refractivity contribution in [2.75, 3.05) is 13.1 Å². The van der Waals surface area contributed by atoms with Crippen LogP contribution in [0.5, 0.6) is 0 Å². The molecule has 0 saturated carbocycles. The molecule has 1 unspecified atom stereocenters. The lowest BCUT2D eigenvalue weighted by molar-refractivity contribution is 0.250. The van der Waals surface area contributed by atoms with Crippen molar-refractivity contribution in [2.45, 2.75) is 221 Å². The molecule has 7 heteroatoms. The summed E-state index contributed by atoms with van der Waals surface area (Å²) < 4.78 is 0. The van der Waals surface area contributed by atoms with Crippen LogP contribution >= 0.6 is 0 Å². The van der Waals surface area contributed by atoms with Crippen molar-refractivity contribution < 1.29 is 0 Å². The summed E-state index contributed by atoms with van der Waals surface area (Å²) in [5, 5.41) is 0. The van der Waals surface area contributed by atoms with Crippen molar-refractivity contribution in [2.24, 2.45) is 0 Å². The molecule has 8 heterocycles. The van der Waals surface area contributed by atoms with Gasteiger partial charge in [-0.2, -0.15) is 0 Å². The monoisotopic (exact) mass is 1310 g/mol. The maximum Gasteiger partial charge on any atom is 0.0737 e. The highest BCUT2D eigenvalue weighted by atomic mass is 15.2. The maximum absolute atomic E-state index is 5.88. The molecule has 1 fully saturated rings. The van der Waals surface area contributed by atoms with Crippen LogP contribution < -0.4 is 0 Å². The van der Waals surface area contributed by atoms with Crippen LogP contribution in [-0.4, -0.2) is 47.9 Å². The third-order valence-electron chi connectivity index (χ3n) is 20.7. The minimum Gasteiger partial charge on any atom is -0.354 e. The Labute approximate surface area is 593 Å². The predicted octanol–water partition coefficient (Wildman–Crippen LogP) is 25.2. The Balaban J connectivity index is 1.02. The van der Waals surface area contributed by atoms with Gasteiger partial charge in [-0.3, -0.25) is 14.9 Å². The van der Waals surface area contributed by atoms with Crippen LogP contribution in [0.15, 0.2) is 140 Å². The highest BCUT2D eigenvalue weighted by Crippen LogP contribution is 2.45. The minimum absolute atomic E-state index is 0.113. The summed E-state index contributed by atoms with van der Waals surface area (Å²) in [4.78, 5) is 32.5. The highest BCUT2D eigenvalue weighted by molar-refractivity contribution is 6.00. The van der Waals surface area contributed by atoms with Crippen molar-refractivity contribution in [3.63, 3.8) is 0 Å². The Bertz CT molecular complexity index is 4540. The Kier molecular flexibility index (Phi) is 19.6. The fourth-order valence-electron chi connectivity index (χ4n) is 14.3. The lowest BCUT2D eigenvalue weighted by atomic mass is 9.78. The molecule has 512 valence electrons. The second-order valence-electron chi connectivity index (χ2n) is 34.8. The van der Waals surface area contributed by atoms with Crippen LogP contribution in [0.4, 0.5) is 0 Å². The zero-order valence-corrected chi connectivity index (χ0v) is 63.1. The first-order valence-electron chi connectivity index (χ1n) is 36.9. The molecular formula is C92H109N7. The number of pyridine rings is 2. The van der Waals surface area contributed by atoms with Gasteiger partial charge in [0.2, 0.25) is 0 Å². The number of hydrogen-bond donors (Lipinski definition) is 2. The molecule has 0 radical (unpaired) electrons. The van der Waals surface area contributed by atoms with E-state index in [1.54, 1.807) is 0 Å². The van der Waals surface area contributed by atoms with Gasteiger partial charge in [0.25, 0.3) is 0 Å². The summed E-state index contributed by atoms with van der Waals surface area (Å²) in [5.41, 5.74) is 28.3. The van der Waals surface area contributed by atoms with Crippen molar-refractivity contribution in [3.05, 3.63) is 213 Å². The maximum atomic E-state index is 5.88. The number of benzene rings is 4. The van der Waals surface area contributed by atoms with E-state index in [0.29, 0.717) is 6.04 Å². The number of rotatable bonds is 15. The van der Waals surface area contributed by atoms with Crippen LogP contribution in [0.2, 0.25) is 0 Å². The number of nitrogens with one attached hydrogen (secondary N) is 2. The second-order valence-corrected chi connectivity index (χ2v) is 34.8. The van der Waals surface area contributed by atoms with Gasteiger partial charge < -0.3 is 9.97 Å². The molecule has 2 N–H and O–H groups in total. The summed E-state index contributed by atoms with van der Waals surface area (Å²) in [6, 6.07) is 48.8. The SMILES string of the molecule is CCCCCCCCN1CCCC1c1ccc(-c2ccc(/C=C/c3ccc(-c4c5nc(c(-c6cc(C(C)(C)C)cc(C(C)(C)C)c6)c6ccc([nH]6)c(-c6cc(C(C)(C)C)cc(C(C)(C)C)c6)c6nc(c(-c7cc(C(C)(C)C)cc(C(C)(C)C)c7)c7ccc4[nH]7)C=C6)C=C5)cc3)nc2)nc1. The van der Waals surface area contributed by atoms with E-state index in [2.05, 4.69) is 316 Å². The first-order chi connectivity index (χ1) is 46.8. The highest BCUT2D eigenvalue weighted by Gasteiger charge is 2.30. The van der Waals surface area contributed by atoms with Gasteiger partial charge in [0, 0.05) is 68.3 Å². The Morgan fingerprint density at radius 3 is 1.16 bits per heavy atom. The fraction of sp³-hybridized carbons (Fsp3) is 0.391. The van der Waals surface area contributed by atoms with E-state index in [1.165, 1.54) is 103 Å². The molecular weight excluding hydrogens is 1200 g/mol. The van der Waals surface area contributed by atoms with Gasteiger partial charge in [0.05, 0.1) is 34.2 Å². The van der Waals surface area contributed by atoms with E-state index in [0.717, 1.165) is 112 Å². The Morgan fingerprint density at radius 2 is 0.788 bits per heavy atom. The van der Waals surface area contributed by atoms with Gasteiger partial charge in [-0.25, -0.2) is 9.97 Å². The van der Waals surface area contributed by atoms with Crippen molar-refractivity contribution >= 4 is 58.5 Å². The normalized spacial score (nSPS) is 14.9. The van der Waals surface area contributed by atoms with E-state index >= 15 is 0 Å². The molecule has 99 heavy (non-hydrogen) atoms. The van der Waals surface area contributed by atoms with Gasteiger partial charge in [-0.15, -0.1) is 0 Å². The second kappa shape index (κ2) is 27.5. The lowest BCUT2D eigenvalue weighted by Gasteiger charge is -2.26. The molecule has 0 amide bonds. The number of likely N-dealkylation sites (tertiary alicyclic amines) is 1. The van der Waals surface area contributed by atoms with Crippen LogP contribution in [0.3, 0.4) is 0 Å². The van der Waals surface area contributed by atoms with Crippen LogP contribution in [0.25, 0.3) is 114 Å². The van der Waals surface area contributed by atoms with Crippen LogP contribution in [0, 0.1) is 0 Å². The Hall–Kier alpha value is -8.52. The van der Waals surface area contributed by atoms with E-state index in [9.17, 15) is 0 Å². The standard InChI is InChI=1S/C92H109N7/c1-20-21-22-23-24-25-46-99-47-26-27-82(99)62-34-37-73(94-58-62)61-33-36-72(93-57-61)35-30-59-28-31-60(32-29-59)83-74-38-40-76(95-74)84(63-48-66(87(2,3)4)54-67(49-63)88(5,6)7)78-42-44-80(97-78)86(65-52-70(91(14,15)16)56-71(53-65)92(17,18)19)81-45-43-79(98-81)85(77-41-39-75(83)96-77)64-50-68(89(8,9)10)55-69(51-64)90(11,12)13/h28-45,48-58,82,95,98H,20-27,46-47H2,1-19H3/b35-30+,83-74?,83-75?,84-76?,84-78?,85-77?,85-79?,86-80?,86-81?. The van der Waals surface area contributed by atoms with E-state index < -0.39 is 0 Å². The van der Waals surface area contributed by atoms with Gasteiger partial charge in [-0.1, -0.05) is 255 Å². The molecule has 4 aromatic carbocycles. The van der Waals surface area contributed by atoms with Crippen molar-refractivity contribution in [1.29, 1.82) is 0 Å². The van der Waals surface area contributed by atoms with E-state index in [4.69, 9.17) is 19.9 Å². The van der Waals surface area contributed by atoms with Crippen LogP contribution in [0.1, 0.15) is 262 Å². The number of unbranched alkanes of at least 4 members (excludes halogenated alkanes) is 5. The first-order valence-corrected chi connectivity index (χ1v) is 36.9. The largest absolute Gasteiger partial charge is 0.354 e. The third kappa shape index (κ3) is 15.8. The topological polar surface area (TPSA) is 86.4 Å². The zero-order valence-electron chi connectivity index (χ0n) is 63.1. The number of aromatic amines is 2. The number of nitrogens with zero attached hydrogens (tertiary/aromatic N) is 5. The summed E-state index contributed by atoms with van der Waals surface area (Å²) in [5.74, 6) is 0. The molecule has 3 aliphatic heterocycles. The predicted molar refractivity (Wildman–Crippen MR) is 426 cm³/mol. The smallest absolute Gasteiger partial charge is 0.0737 e. The summed E-state index contributed by atoms with van der Waals surface area (Å²) in [6.45, 7) is 46.4. The molecule has 9 aromatic rings. The Morgan fingerprint density at radius 1 is 0.394 bits per heavy atom. The zero-order chi connectivity index (χ0) is 70.6. The summed E-state index contributed by atoms with van der Waals surface area (Å²) in [7, 11) is 0. The van der Waals surface area contributed by atoms with Gasteiger partial charge in [-0.05, 0) is 204 Å². The first kappa shape index (κ1) is 70.3. The molecule has 0 spiro atoms. The molecule has 1 saturated heterocycles. The van der Waals surface area contributed by atoms with E-state index in [-0.39, 0.29) is 32.5 Å². The number of aromatic nitrogens is 6. The van der Waals surface area contributed by atoms with Crippen molar-refractivity contribution in [3.8, 4) is 55.8 Å². The summed E-state index contributed by atoms with van der Waals surface area (Å²) >= 11 is 0. The van der Waals surface area contributed by atoms with E-state index in [1.807, 2.05) is 6.20 Å². The third-order valence-corrected chi connectivity index (χ3v) is 20.7. The molecule has 7 nitrogen and oxygen atoms in total. The molecule has 12 rings (SSSR count). The van der Waals surface area contributed by atoms with Gasteiger partial charge in [0.15, 0.2) is 0 Å². The average Bonchev–Trinajstić information content (AvgIpc) is 1.67. The van der Waals surface area contributed by atoms with Gasteiger partial charge >= 0.3 is 0 Å². The molecule has 0 aliphatic carbocycles. The molecule has 3 aliphatic rings. The lowest BCUT2D eigenvalue weighted by Crippen LogP contribution is -2.24. The number of H-pyrrole nitrogens is 2. The molecule has 1 atom stereocenters. The van der Waals surface area contributed by atoms with Crippen molar-refractivity contribution in [1.82, 2.24) is 34.8 Å². The van der Waals surface area contributed by atoms with Gasteiger partial charge in [0.1, 0.15) is 0 Å². The average molecular weight is 1310 g/mol. The number of fused-ring (bicyclic) bond motifs is 8. The quantitative estimate of drug-likeness (QED) is 0.0999. The van der Waals surface area contributed by atoms with Crippen LogP contribution in [-0.2, 0) is 32.5 Å².